The molecule has 1 aromatic heterocycles. The fourth-order valence-corrected chi connectivity index (χ4v) is 11.1. The Bertz CT molecular complexity index is 2110. The molecule has 10 heteroatoms. The van der Waals surface area contributed by atoms with E-state index in [1.54, 1.807) is 6.07 Å². The predicted molar refractivity (Wildman–Crippen MR) is 234 cm³/mol. The number of pyridine rings is 1. The van der Waals surface area contributed by atoms with Gasteiger partial charge in [0.2, 0.25) is 11.8 Å². The minimum Gasteiger partial charge on any atom is -0.508 e. The quantitative estimate of drug-likeness (QED) is 0.147. The van der Waals surface area contributed by atoms with Crippen molar-refractivity contribution in [1.82, 2.24) is 25.4 Å². The summed E-state index contributed by atoms with van der Waals surface area (Å²) in [6.45, 7) is 8.92. The van der Waals surface area contributed by atoms with E-state index in [0.29, 0.717) is 29.7 Å². The van der Waals surface area contributed by atoms with Gasteiger partial charge in [0.05, 0.1) is 0 Å². The first-order valence-corrected chi connectivity index (χ1v) is 22.6. The van der Waals surface area contributed by atoms with Gasteiger partial charge in [0.25, 0.3) is 5.91 Å². The number of phenols is 1. The number of piperazine rings is 1. The number of nitrogens with one attached hydrogen (secondary N) is 2. The summed E-state index contributed by atoms with van der Waals surface area (Å²) >= 11 is 0. The number of aromatic nitrogens is 1. The van der Waals surface area contributed by atoms with Crippen LogP contribution < -0.4 is 15.5 Å². The van der Waals surface area contributed by atoms with Crippen molar-refractivity contribution in [3.8, 4) is 5.75 Å². The van der Waals surface area contributed by atoms with E-state index in [1.165, 1.54) is 72.3 Å². The van der Waals surface area contributed by atoms with E-state index in [0.717, 1.165) is 76.8 Å². The molecule has 5 atom stereocenters. The largest absolute Gasteiger partial charge is 0.508 e. The number of aromatic hydroxyl groups is 1. The molecule has 1 saturated carbocycles. The van der Waals surface area contributed by atoms with Crippen molar-refractivity contribution in [2.24, 2.45) is 11.8 Å². The van der Waals surface area contributed by atoms with E-state index in [-0.39, 0.29) is 24.2 Å². The Labute approximate surface area is 354 Å². The molecule has 10 nitrogen and oxygen atoms in total. The number of carbonyl (C=O) groups excluding carboxylic acids is 3. The highest BCUT2D eigenvalue weighted by Gasteiger charge is 2.34. The number of likely N-dealkylation sites (tertiary alicyclic amines) is 1. The lowest BCUT2D eigenvalue weighted by molar-refractivity contribution is -0.134. The summed E-state index contributed by atoms with van der Waals surface area (Å²) in [6, 6.07) is 29.4. The van der Waals surface area contributed by atoms with Crippen molar-refractivity contribution in [2.75, 3.05) is 57.3 Å². The standard InChI is InChI=1S/C50H60N6O4/c57-42-16-18-44-37(30-42)12-17-43(35-6-2-1-3-7-35)48(44)36-10-14-41(15-11-36)56-28-26-55(27-29-56)33-40-9-5-4-8-39(40)32-54-24-22-34(23-25-54)38-13-19-45(51-31-38)49(59)52-46-20-21-47(58)53-50(46)60/h1-3,6-7,10-11,13-16,18-19,30-31,34,39-40,43,46,48,57H,4-5,8-9,12,17,20-29,32-33H2,(H,52,59)(H,53,58,60)/t39-,40-,43+,46?,48-/m0/s1. The van der Waals surface area contributed by atoms with Crippen LogP contribution in [0, 0.1) is 11.8 Å². The summed E-state index contributed by atoms with van der Waals surface area (Å²) in [6.07, 6.45) is 12.0. The van der Waals surface area contributed by atoms with E-state index in [9.17, 15) is 19.5 Å². The van der Waals surface area contributed by atoms with Crippen molar-refractivity contribution < 1.29 is 19.5 Å². The van der Waals surface area contributed by atoms with Crippen LogP contribution in [0.2, 0.25) is 0 Å². The van der Waals surface area contributed by atoms with Crippen molar-refractivity contribution >= 4 is 23.4 Å². The molecule has 0 bridgehead atoms. The van der Waals surface area contributed by atoms with Gasteiger partial charge in [-0.3, -0.25) is 29.6 Å². The number of carbonyl (C=O) groups is 3. The van der Waals surface area contributed by atoms with Gasteiger partial charge in [0.15, 0.2) is 0 Å². The summed E-state index contributed by atoms with van der Waals surface area (Å²) in [7, 11) is 0. The summed E-state index contributed by atoms with van der Waals surface area (Å²) < 4.78 is 0. The molecular formula is C50H60N6O4. The first-order valence-electron chi connectivity index (χ1n) is 22.6. The summed E-state index contributed by atoms with van der Waals surface area (Å²) in [4.78, 5) is 48.8. The van der Waals surface area contributed by atoms with Gasteiger partial charge in [-0.25, -0.2) is 0 Å². The summed E-state index contributed by atoms with van der Waals surface area (Å²) in [5.41, 5.74) is 8.15. The van der Waals surface area contributed by atoms with Crippen molar-refractivity contribution in [2.45, 2.75) is 88.0 Å². The van der Waals surface area contributed by atoms with Gasteiger partial charge in [0.1, 0.15) is 17.5 Å². The lowest BCUT2D eigenvalue weighted by Crippen LogP contribution is -2.52. The zero-order chi connectivity index (χ0) is 41.0. The maximum Gasteiger partial charge on any atom is 0.270 e. The van der Waals surface area contributed by atoms with Gasteiger partial charge in [-0.2, -0.15) is 0 Å². The molecule has 4 heterocycles. The van der Waals surface area contributed by atoms with E-state index < -0.39 is 11.9 Å². The molecule has 4 fully saturated rings. The Morgan fingerprint density at radius 1 is 0.717 bits per heavy atom. The number of hydrogen-bond acceptors (Lipinski definition) is 8. The zero-order valence-electron chi connectivity index (χ0n) is 34.8. The number of benzene rings is 3. The fraction of sp³-hybridized carbons (Fsp3) is 0.480. The third-order valence-corrected chi connectivity index (χ3v) is 14.5. The van der Waals surface area contributed by atoms with Crippen molar-refractivity contribution in [1.29, 1.82) is 0 Å². The Hall–Kier alpha value is -5.06. The number of fused-ring (bicyclic) bond motifs is 1. The Morgan fingerprint density at radius 3 is 2.10 bits per heavy atom. The van der Waals surface area contributed by atoms with E-state index >= 15 is 0 Å². The normalized spacial score (nSPS) is 25.7. The number of piperidine rings is 2. The first kappa shape index (κ1) is 40.4. The number of aryl methyl sites for hydroxylation is 1. The molecule has 60 heavy (non-hydrogen) atoms. The fourth-order valence-electron chi connectivity index (χ4n) is 11.1. The molecular weight excluding hydrogens is 749 g/mol. The molecule has 3 saturated heterocycles. The lowest BCUT2D eigenvalue weighted by Gasteiger charge is -2.42. The number of rotatable bonds is 10. The molecule has 5 aliphatic rings. The second-order valence-corrected chi connectivity index (χ2v) is 18.1. The number of imide groups is 1. The maximum absolute atomic E-state index is 12.8. The van der Waals surface area contributed by atoms with Crippen LogP contribution in [0.4, 0.5) is 5.69 Å². The molecule has 3 aromatic carbocycles. The van der Waals surface area contributed by atoms with E-state index in [1.807, 2.05) is 24.4 Å². The highest BCUT2D eigenvalue weighted by molar-refractivity contribution is 6.03. The van der Waals surface area contributed by atoms with Crippen LogP contribution in [0.15, 0.2) is 91.1 Å². The molecule has 3 N–H and O–H groups in total. The van der Waals surface area contributed by atoms with Crippen LogP contribution in [-0.2, 0) is 16.0 Å². The topological polar surface area (TPSA) is 118 Å². The van der Waals surface area contributed by atoms with Gasteiger partial charge >= 0.3 is 0 Å². The molecule has 0 spiro atoms. The average Bonchev–Trinajstić information content (AvgIpc) is 3.28. The predicted octanol–water partition coefficient (Wildman–Crippen LogP) is 6.99. The first-order chi connectivity index (χ1) is 29.3. The minimum absolute atomic E-state index is 0.223. The second-order valence-electron chi connectivity index (χ2n) is 18.1. The van der Waals surface area contributed by atoms with Gasteiger partial charge < -0.3 is 20.2 Å². The molecule has 3 amide bonds. The van der Waals surface area contributed by atoms with Crippen LogP contribution in [-0.4, -0.2) is 96.0 Å². The lowest BCUT2D eigenvalue weighted by atomic mass is 9.69. The van der Waals surface area contributed by atoms with Crippen LogP contribution in [0.3, 0.4) is 0 Å². The van der Waals surface area contributed by atoms with E-state index in [2.05, 4.69) is 91.0 Å². The Morgan fingerprint density at radius 2 is 1.42 bits per heavy atom. The van der Waals surface area contributed by atoms with Crippen LogP contribution >= 0.6 is 0 Å². The maximum atomic E-state index is 12.8. The Balaban J connectivity index is 0.750. The number of anilines is 1. The number of phenolic OH excluding ortho intramolecular Hbond substituents is 1. The van der Waals surface area contributed by atoms with Crippen LogP contribution in [0.25, 0.3) is 0 Å². The van der Waals surface area contributed by atoms with Crippen LogP contribution in [0.1, 0.15) is 114 Å². The van der Waals surface area contributed by atoms with Gasteiger partial charge in [-0.1, -0.05) is 67.4 Å². The average molecular weight is 809 g/mol. The monoisotopic (exact) mass is 808 g/mol. The van der Waals surface area contributed by atoms with E-state index in [4.69, 9.17) is 0 Å². The summed E-state index contributed by atoms with van der Waals surface area (Å²) in [5.74, 6) is 1.83. The van der Waals surface area contributed by atoms with Gasteiger partial charge in [0, 0.05) is 63.5 Å². The van der Waals surface area contributed by atoms with Crippen molar-refractivity contribution in [3.05, 3.63) is 125 Å². The SMILES string of the molecule is O=C1CCC(NC(=O)c2ccc(C3CCN(C[C@@H]4CCCC[C@H]4CN4CCN(c5ccc([C@@H]6c7ccc(O)cc7CC[C@@H]6c6ccccc6)cc5)CC4)CC3)cn2)C(=O)N1. The minimum atomic E-state index is -0.705. The van der Waals surface area contributed by atoms with Crippen molar-refractivity contribution in [3.63, 3.8) is 0 Å². The van der Waals surface area contributed by atoms with Crippen LogP contribution in [0.5, 0.6) is 5.75 Å². The highest BCUT2D eigenvalue weighted by atomic mass is 16.3. The smallest absolute Gasteiger partial charge is 0.270 e. The second kappa shape index (κ2) is 18.3. The summed E-state index contributed by atoms with van der Waals surface area (Å²) in [5, 5.41) is 15.3. The third kappa shape index (κ3) is 9.15. The third-order valence-electron chi connectivity index (χ3n) is 14.5. The number of nitrogens with zero attached hydrogens (tertiary/aromatic N) is 4. The molecule has 314 valence electrons. The van der Waals surface area contributed by atoms with Gasteiger partial charge in [-0.05, 0) is 140 Å². The number of hydrogen-bond donors (Lipinski definition) is 3. The number of amides is 3. The molecule has 3 aliphatic heterocycles. The molecule has 1 unspecified atom stereocenters. The highest BCUT2D eigenvalue weighted by Crippen LogP contribution is 2.47. The molecule has 0 radical (unpaired) electrons. The molecule has 4 aromatic rings. The molecule has 9 rings (SSSR count). The molecule has 2 aliphatic carbocycles. The Kier molecular flexibility index (Phi) is 12.3. The zero-order valence-corrected chi connectivity index (χ0v) is 34.8. The van der Waals surface area contributed by atoms with Gasteiger partial charge in [-0.15, -0.1) is 0 Å².